The zero-order valence-electron chi connectivity index (χ0n) is 7.49. The minimum atomic E-state index is 0.237. The van der Waals surface area contributed by atoms with Gasteiger partial charge >= 0.3 is 0 Å². The lowest BCUT2D eigenvalue weighted by atomic mass is 10.00. The van der Waals surface area contributed by atoms with Gasteiger partial charge in [-0.15, -0.1) is 0 Å². The summed E-state index contributed by atoms with van der Waals surface area (Å²) in [5.74, 6) is 0.237. The van der Waals surface area contributed by atoms with Crippen molar-refractivity contribution in [1.82, 2.24) is 9.55 Å². The van der Waals surface area contributed by atoms with Crippen LogP contribution in [0, 0.1) is 0 Å². The van der Waals surface area contributed by atoms with E-state index >= 15 is 0 Å². The molecule has 2 aliphatic carbocycles. The highest BCUT2D eigenvalue weighted by molar-refractivity contribution is 5.96. The maximum absolute atomic E-state index is 11.5. The molecule has 0 N–H and O–H groups in total. The van der Waals surface area contributed by atoms with Crippen molar-refractivity contribution in [1.29, 1.82) is 0 Å². The molecule has 0 spiro atoms. The van der Waals surface area contributed by atoms with Gasteiger partial charge in [0.2, 0.25) is 0 Å². The van der Waals surface area contributed by atoms with Gasteiger partial charge in [-0.05, 0) is 25.7 Å². The second-order valence-corrected chi connectivity index (χ2v) is 3.96. The van der Waals surface area contributed by atoms with Crippen molar-refractivity contribution in [3.63, 3.8) is 0 Å². The molecule has 0 radical (unpaired) electrons. The SMILES string of the molecule is O=C1CCCc2c1ncn2C1CC1. The highest BCUT2D eigenvalue weighted by atomic mass is 16.1. The number of nitrogens with zero attached hydrogens (tertiary/aromatic N) is 2. The van der Waals surface area contributed by atoms with Gasteiger partial charge in [0.05, 0.1) is 6.33 Å². The van der Waals surface area contributed by atoms with Gasteiger partial charge in [0, 0.05) is 18.2 Å². The highest BCUT2D eigenvalue weighted by Gasteiger charge is 2.30. The zero-order valence-corrected chi connectivity index (χ0v) is 7.49. The maximum Gasteiger partial charge on any atom is 0.183 e. The first-order valence-corrected chi connectivity index (χ1v) is 4.95. The van der Waals surface area contributed by atoms with Crippen molar-refractivity contribution in [2.45, 2.75) is 38.1 Å². The van der Waals surface area contributed by atoms with Crippen LogP contribution in [-0.4, -0.2) is 15.3 Å². The van der Waals surface area contributed by atoms with Gasteiger partial charge in [0.1, 0.15) is 5.69 Å². The number of hydrogen-bond acceptors (Lipinski definition) is 2. The Morgan fingerprint density at radius 2 is 2.23 bits per heavy atom. The first-order chi connectivity index (χ1) is 6.36. The molecule has 0 aliphatic heterocycles. The largest absolute Gasteiger partial charge is 0.331 e. The molecule has 0 atom stereocenters. The smallest absolute Gasteiger partial charge is 0.183 e. The number of ketones is 1. The Morgan fingerprint density at radius 1 is 1.38 bits per heavy atom. The number of rotatable bonds is 1. The Hall–Kier alpha value is -1.12. The second kappa shape index (κ2) is 2.44. The van der Waals surface area contributed by atoms with Crippen LogP contribution in [0.25, 0.3) is 0 Å². The van der Waals surface area contributed by atoms with E-state index in [9.17, 15) is 4.79 Å². The molecule has 1 fully saturated rings. The predicted molar refractivity (Wildman–Crippen MR) is 47.8 cm³/mol. The molecule has 0 aromatic carbocycles. The number of carbonyl (C=O) groups excluding carboxylic acids is 1. The van der Waals surface area contributed by atoms with Crippen molar-refractivity contribution >= 4 is 5.78 Å². The summed E-state index contributed by atoms with van der Waals surface area (Å²) >= 11 is 0. The lowest BCUT2D eigenvalue weighted by Crippen LogP contribution is -2.13. The van der Waals surface area contributed by atoms with Gasteiger partial charge in [0.25, 0.3) is 0 Å². The summed E-state index contributed by atoms with van der Waals surface area (Å²) in [5.41, 5.74) is 1.94. The maximum atomic E-state index is 11.5. The van der Waals surface area contributed by atoms with Gasteiger partial charge in [0.15, 0.2) is 5.78 Å². The summed E-state index contributed by atoms with van der Waals surface area (Å²) in [6, 6.07) is 0.655. The first-order valence-electron chi connectivity index (χ1n) is 4.95. The molecule has 0 unspecified atom stereocenters. The molecule has 68 valence electrons. The lowest BCUT2D eigenvalue weighted by molar-refractivity contribution is 0.0967. The molecule has 3 heteroatoms. The summed E-state index contributed by atoms with van der Waals surface area (Å²) in [5, 5.41) is 0. The Balaban J connectivity index is 2.09. The number of fused-ring (bicyclic) bond motifs is 1. The van der Waals surface area contributed by atoms with Crippen molar-refractivity contribution in [3.05, 3.63) is 17.7 Å². The third-order valence-corrected chi connectivity index (χ3v) is 2.92. The second-order valence-electron chi connectivity index (χ2n) is 3.96. The molecule has 1 aromatic heterocycles. The van der Waals surface area contributed by atoms with E-state index in [2.05, 4.69) is 9.55 Å². The molecule has 0 bridgehead atoms. The number of aromatic nitrogens is 2. The van der Waals surface area contributed by atoms with Crippen LogP contribution in [0.2, 0.25) is 0 Å². The van der Waals surface area contributed by atoms with Gasteiger partial charge in [-0.25, -0.2) is 4.98 Å². The van der Waals surface area contributed by atoms with E-state index in [-0.39, 0.29) is 5.78 Å². The van der Waals surface area contributed by atoms with E-state index in [1.54, 1.807) is 0 Å². The third kappa shape index (κ3) is 1.03. The molecule has 3 nitrogen and oxygen atoms in total. The van der Waals surface area contributed by atoms with Crippen molar-refractivity contribution in [2.24, 2.45) is 0 Å². The molecule has 1 aromatic rings. The number of hydrogen-bond donors (Lipinski definition) is 0. The fourth-order valence-electron chi connectivity index (χ4n) is 2.07. The Labute approximate surface area is 76.8 Å². The summed E-state index contributed by atoms with van der Waals surface area (Å²) < 4.78 is 2.21. The van der Waals surface area contributed by atoms with E-state index in [0.29, 0.717) is 12.5 Å². The Kier molecular flexibility index (Phi) is 1.37. The average molecular weight is 176 g/mol. The van der Waals surface area contributed by atoms with Crippen LogP contribution in [0.4, 0.5) is 0 Å². The van der Waals surface area contributed by atoms with Crippen LogP contribution >= 0.6 is 0 Å². The minimum Gasteiger partial charge on any atom is -0.331 e. The summed E-state index contributed by atoms with van der Waals surface area (Å²) in [7, 11) is 0. The fraction of sp³-hybridized carbons (Fsp3) is 0.600. The number of Topliss-reactive ketones (excluding diaryl/α,β-unsaturated/α-hetero) is 1. The standard InChI is InChI=1S/C10H12N2O/c13-9-3-1-2-8-10(9)11-6-12(8)7-4-5-7/h6-7H,1-5H2. The molecule has 0 saturated heterocycles. The van der Waals surface area contributed by atoms with Crippen molar-refractivity contribution < 1.29 is 4.79 Å². The van der Waals surface area contributed by atoms with E-state index in [1.807, 2.05) is 6.33 Å². The first kappa shape index (κ1) is 7.30. The summed E-state index contributed by atoms with van der Waals surface area (Å²) in [4.78, 5) is 15.7. The molecular weight excluding hydrogens is 164 g/mol. The van der Waals surface area contributed by atoms with E-state index in [1.165, 1.54) is 18.5 Å². The predicted octanol–water partition coefficient (Wildman–Crippen LogP) is 1.74. The summed E-state index contributed by atoms with van der Waals surface area (Å²) in [6.45, 7) is 0. The quantitative estimate of drug-likeness (QED) is 0.653. The van der Waals surface area contributed by atoms with Crippen LogP contribution in [0.3, 0.4) is 0 Å². The van der Waals surface area contributed by atoms with Gasteiger partial charge in [-0.1, -0.05) is 0 Å². The number of carbonyl (C=O) groups is 1. The van der Waals surface area contributed by atoms with E-state index in [4.69, 9.17) is 0 Å². The van der Waals surface area contributed by atoms with Crippen LogP contribution in [0.15, 0.2) is 6.33 Å². The van der Waals surface area contributed by atoms with E-state index < -0.39 is 0 Å². The topological polar surface area (TPSA) is 34.9 Å². The number of imidazole rings is 1. The van der Waals surface area contributed by atoms with Crippen LogP contribution in [-0.2, 0) is 6.42 Å². The van der Waals surface area contributed by atoms with Crippen molar-refractivity contribution in [3.8, 4) is 0 Å². The minimum absolute atomic E-state index is 0.237. The highest BCUT2D eigenvalue weighted by Crippen LogP contribution is 2.37. The van der Waals surface area contributed by atoms with Crippen LogP contribution in [0.5, 0.6) is 0 Å². The average Bonchev–Trinajstić information content (AvgIpc) is 2.87. The lowest BCUT2D eigenvalue weighted by Gasteiger charge is -2.12. The monoisotopic (exact) mass is 176 g/mol. The van der Waals surface area contributed by atoms with Gasteiger partial charge < -0.3 is 4.57 Å². The van der Waals surface area contributed by atoms with Crippen LogP contribution in [0.1, 0.15) is 47.9 Å². The Morgan fingerprint density at radius 3 is 3.00 bits per heavy atom. The molecule has 0 amide bonds. The van der Waals surface area contributed by atoms with Crippen LogP contribution < -0.4 is 0 Å². The fourth-order valence-corrected chi connectivity index (χ4v) is 2.07. The summed E-state index contributed by atoms with van der Waals surface area (Å²) in [6.07, 6.45) is 7.11. The molecular formula is C10H12N2O. The molecule has 3 rings (SSSR count). The molecule has 1 saturated carbocycles. The van der Waals surface area contributed by atoms with Gasteiger partial charge in [-0.2, -0.15) is 0 Å². The molecule has 13 heavy (non-hydrogen) atoms. The zero-order chi connectivity index (χ0) is 8.84. The molecule has 1 heterocycles. The normalized spacial score (nSPS) is 21.7. The van der Waals surface area contributed by atoms with E-state index in [0.717, 1.165) is 18.5 Å². The Bertz CT molecular complexity index is 363. The third-order valence-electron chi connectivity index (χ3n) is 2.92. The van der Waals surface area contributed by atoms with Gasteiger partial charge in [-0.3, -0.25) is 4.79 Å². The molecule has 2 aliphatic rings. The van der Waals surface area contributed by atoms with Crippen molar-refractivity contribution in [2.75, 3.05) is 0 Å².